The first kappa shape index (κ1) is 21.0. The summed E-state index contributed by atoms with van der Waals surface area (Å²) in [6.07, 6.45) is 2.88. The van der Waals surface area contributed by atoms with Crippen molar-refractivity contribution in [1.29, 1.82) is 0 Å². The van der Waals surface area contributed by atoms with Crippen LogP contribution in [0.3, 0.4) is 0 Å². The minimum absolute atomic E-state index is 0.0882. The predicted octanol–water partition coefficient (Wildman–Crippen LogP) is 4.92. The SMILES string of the molecule is O=C(Nc1ccc(N2CCc3ccccc3C2)c(C(=O)NC2CC2)c1)Nc1ccccc1F. The fraction of sp³-hybridized carbons (Fsp3) is 0.231. The van der Waals surface area contributed by atoms with E-state index in [1.165, 1.54) is 23.3 Å². The molecule has 1 heterocycles. The van der Waals surface area contributed by atoms with Crippen LogP contribution in [-0.4, -0.2) is 24.5 Å². The van der Waals surface area contributed by atoms with E-state index in [4.69, 9.17) is 0 Å². The molecule has 0 atom stereocenters. The summed E-state index contributed by atoms with van der Waals surface area (Å²) >= 11 is 0. The number of benzene rings is 3. The number of para-hydroxylation sites is 1. The Hall–Kier alpha value is -3.87. The molecule has 3 aromatic rings. The molecule has 1 aliphatic carbocycles. The molecule has 7 heteroatoms. The van der Waals surface area contributed by atoms with Gasteiger partial charge in [-0.1, -0.05) is 36.4 Å². The highest BCUT2D eigenvalue weighted by molar-refractivity contribution is 6.04. The Bertz CT molecular complexity index is 1210. The normalized spacial score (nSPS) is 14.9. The summed E-state index contributed by atoms with van der Waals surface area (Å²) in [4.78, 5) is 27.7. The molecule has 0 spiro atoms. The van der Waals surface area contributed by atoms with Crippen molar-refractivity contribution in [3.05, 3.63) is 89.2 Å². The average molecular weight is 445 g/mol. The first-order valence-electron chi connectivity index (χ1n) is 11.2. The zero-order valence-corrected chi connectivity index (χ0v) is 18.1. The highest BCUT2D eigenvalue weighted by Gasteiger charge is 2.27. The lowest BCUT2D eigenvalue weighted by molar-refractivity contribution is 0.0951. The molecule has 33 heavy (non-hydrogen) atoms. The van der Waals surface area contributed by atoms with Crippen LogP contribution in [0.5, 0.6) is 0 Å². The van der Waals surface area contributed by atoms with Crippen molar-refractivity contribution in [2.75, 3.05) is 22.1 Å². The largest absolute Gasteiger partial charge is 0.366 e. The molecule has 0 saturated heterocycles. The number of nitrogens with zero attached hydrogens (tertiary/aromatic N) is 1. The number of fused-ring (bicyclic) bond motifs is 1. The summed E-state index contributed by atoms with van der Waals surface area (Å²) in [6, 6.07) is 19.3. The standard InChI is InChI=1S/C26H25FN4O2/c27-22-7-3-4-8-23(22)30-26(33)29-20-11-12-24(21(15-20)25(32)28-19-9-10-19)31-14-13-17-5-1-2-6-18(17)16-31/h1-8,11-12,15,19H,9-10,13-14,16H2,(H,28,32)(H2,29,30,33). The van der Waals surface area contributed by atoms with Gasteiger partial charge >= 0.3 is 6.03 Å². The van der Waals surface area contributed by atoms with Gasteiger partial charge in [0.05, 0.1) is 11.3 Å². The van der Waals surface area contributed by atoms with Gasteiger partial charge in [-0.25, -0.2) is 9.18 Å². The van der Waals surface area contributed by atoms with Crippen molar-refractivity contribution < 1.29 is 14.0 Å². The Kier molecular flexibility index (Phi) is 5.69. The van der Waals surface area contributed by atoms with Crippen LogP contribution in [0.1, 0.15) is 34.3 Å². The van der Waals surface area contributed by atoms with Gasteiger partial charge in [0.2, 0.25) is 0 Å². The van der Waals surface area contributed by atoms with Crippen LogP contribution in [0.4, 0.5) is 26.2 Å². The van der Waals surface area contributed by atoms with E-state index >= 15 is 0 Å². The maximum atomic E-state index is 13.8. The summed E-state index contributed by atoms with van der Waals surface area (Å²) in [5.41, 5.74) is 4.49. The van der Waals surface area contributed by atoms with Gasteiger partial charge in [-0.3, -0.25) is 4.79 Å². The smallest absolute Gasteiger partial charge is 0.323 e. The lowest BCUT2D eigenvalue weighted by Crippen LogP contribution is -2.33. The molecule has 0 bridgehead atoms. The number of nitrogens with one attached hydrogen (secondary N) is 3. The van der Waals surface area contributed by atoms with Gasteiger partial charge in [-0.2, -0.15) is 0 Å². The quantitative estimate of drug-likeness (QED) is 0.523. The lowest BCUT2D eigenvalue weighted by Gasteiger charge is -2.32. The van der Waals surface area contributed by atoms with Crippen LogP contribution in [-0.2, 0) is 13.0 Å². The van der Waals surface area contributed by atoms with Crippen LogP contribution >= 0.6 is 0 Å². The third-order valence-corrected chi connectivity index (χ3v) is 6.01. The summed E-state index contributed by atoms with van der Waals surface area (Å²) in [6.45, 7) is 1.53. The lowest BCUT2D eigenvalue weighted by atomic mass is 9.98. The predicted molar refractivity (Wildman–Crippen MR) is 127 cm³/mol. The highest BCUT2D eigenvalue weighted by atomic mass is 19.1. The van der Waals surface area contributed by atoms with E-state index in [1.807, 2.05) is 12.1 Å². The second-order valence-corrected chi connectivity index (χ2v) is 8.48. The number of carbonyl (C=O) groups is 2. The van der Waals surface area contributed by atoms with Gasteiger partial charge in [-0.15, -0.1) is 0 Å². The molecule has 0 radical (unpaired) electrons. The Labute approximate surface area is 191 Å². The molecule has 3 aromatic carbocycles. The van der Waals surface area contributed by atoms with Crippen molar-refractivity contribution >= 4 is 29.0 Å². The molecule has 1 aliphatic heterocycles. The maximum absolute atomic E-state index is 13.8. The van der Waals surface area contributed by atoms with Crippen LogP contribution in [0.25, 0.3) is 0 Å². The third kappa shape index (κ3) is 4.82. The minimum atomic E-state index is -0.576. The fourth-order valence-corrected chi connectivity index (χ4v) is 4.11. The fourth-order valence-electron chi connectivity index (χ4n) is 4.11. The number of rotatable bonds is 5. The Morgan fingerprint density at radius 2 is 1.67 bits per heavy atom. The Morgan fingerprint density at radius 3 is 2.45 bits per heavy atom. The monoisotopic (exact) mass is 444 g/mol. The van der Waals surface area contributed by atoms with Gasteiger partial charge in [0.25, 0.3) is 5.91 Å². The van der Waals surface area contributed by atoms with Crippen molar-refractivity contribution in [3.8, 4) is 0 Å². The van der Waals surface area contributed by atoms with Gasteiger partial charge in [0, 0.05) is 30.5 Å². The number of amides is 3. The first-order valence-corrected chi connectivity index (χ1v) is 11.2. The number of urea groups is 1. The molecule has 168 valence electrons. The van der Waals surface area contributed by atoms with E-state index in [1.54, 1.807) is 24.3 Å². The number of anilines is 3. The molecule has 1 saturated carbocycles. The first-order chi connectivity index (χ1) is 16.1. The zero-order chi connectivity index (χ0) is 22.8. The number of hydrogen-bond acceptors (Lipinski definition) is 3. The topological polar surface area (TPSA) is 73.5 Å². The third-order valence-electron chi connectivity index (χ3n) is 6.01. The van der Waals surface area contributed by atoms with Crippen molar-refractivity contribution in [2.24, 2.45) is 0 Å². The van der Waals surface area contributed by atoms with E-state index in [0.29, 0.717) is 11.3 Å². The van der Waals surface area contributed by atoms with Crippen molar-refractivity contribution in [2.45, 2.75) is 31.8 Å². The molecule has 3 amide bonds. The Balaban J connectivity index is 1.38. The number of halogens is 1. The van der Waals surface area contributed by atoms with Crippen LogP contribution < -0.4 is 20.9 Å². The molecular formula is C26H25FN4O2. The average Bonchev–Trinajstić information content (AvgIpc) is 3.64. The zero-order valence-electron chi connectivity index (χ0n) is 18.1. The van der Waals surface area contributed by atoms with Crippen molar-refractivity contribution in [3.63, 3.8) is 0 Å². The summed E-state index contributed by atoms with van der Waals surface area (Å²) < 4.78 is 13.8. The second kappa shape index (κ2) is 8.94. The second-order valence-electron chi connectivity index (χ2n) is 8.48. The summed E-state index contributed by atoms with van der Waals surface area (Å²) in [5, 5.41) is 8.27. The maximum Gasteiger partial charge on any atom is 0.323 e. The molecule has 1 fully saturated rings. The van der Waals surface area contributed by atoms with E-state index in [9.17, 15) is 14.0 Å². The summed E-state index contributed by atoms with van der Waals surface area (Å²) in [5.74, 6) is -0.664. The van der Waals surface area contributed by atoms with E-state index < -0.39 is 11.8 Å². The van der Waals surface area contributed by atoms with E-state index in [0.717, 1.165) is 38.0 Å². The molecule has 2 aliphatic rings. The van der Waals surface area contributed by atoms with Crippen LogP contribution in [0.2, 0.25) is 0 Å². The minimum Gasteiger partial charge on any atom is -0.366 e. The van der Waals surface area contributed by atoms with Gasteiger partial charge in [0.15, 0.2) is 0 Å². The van der Waals surface area contributed by atoms with E-state index in [2.05, 4.69) is 39.0 Å². The van der Waals surface area contributed by atoms with Crippen LogP contribution in [0, 0.1) is 5.82 Å². The van der Waals surface area contributed by atoms with Crippen molar-refractivity contribution in [1.82, 2.24) is 5.32 Å². The number of carbonyl (C=O) groups excluding carboxylic acids is 2. The molecular weight excluding hydrogens is 419 g/mol. The van der Waals surface area contributed by atoms with Crippen LogP contribution in [0.15, 0.2) is 66.7 Å². The molecule has 3 N–H and O–H groups in total. The molecule has 5 rings (SSSR count). The van der Waals surface area contributed by atoms with E-state index in [-0.39, 0.29) is 17.6 Å². The molecule has 6 nitrogen and oxygen atoms in total. The molecule has 0 aromatic heterocycles. The number of hydrogen-bond donors (Lipinski definition) is 3. The molecule has 0 unspecified atom stereocenters. The van der Waals surface area contributed by atoms with Gasteiger partial charge in [0.1, 0.15) is 5.82 Å². The Morgan fingerprint density at radius 1 is 0.909 bits per heavy atom. The summed E-state index contributed by atoms with van der Waals surface area (Å²) in [7, 11) is 0. The van der Waals surface area contributed by atoms with Gasteiger partial charge in [-0.05, 0) is 60.7 Å². The van der Waals surface area contributed by atoms with Gasteiger partial charge < -0.3 is 20.9 Å². The highest BCUT2D eigenvalue weighted by Crippen LogP contribution is 2.30.